The normalized spacial score (nSPS) is 19.6. The molecule has 2 aliphatic heterocycles. The monoisotopic (exact) mass is 437 g/mol. The van der Waals surface area contributed by atoms with Crippen molar-refractivity contribution in [1.29, 1.82) is 0 Å². The molecule has 32 heavy (non-hydrogen) atoms. The van der Waals surface area contributed by atoms with Crippen LogP contribution in [0.4, 0.5) is 4.39 Å². The van der Waals surface area contributed by atoms with Gasteiger partial charge in [-0.2, -0.15) is 5.10 Å². The van der Waals surface area contributed by atoms with Gasteiger partial charge in [0.25, 0.3) is 5.91 Å². The van der Waals surface area contributed by atoms with Crippen molar-refractivity contribution >= 4 is 17.6 Å². The van der Waals surface area contributed by atoms with Crippen molar-refractivity contribution in [2.24, 2.45) is 11.0 Å². The maximum absolute atomic E-state index is 13.4. The highest BCUT2D eigenvalue weighted by Gasteiger charge is 2.34. The summed E-state index contributed by atoms with van der Waals surface area (Å²) in [6.45, 7) is 3.80. The van der Waals surface area contributed by atoms with Gasteiger partial charge in [-0.25, -0.2) is 9.40 Å². The number of hydrazone groups is 1. The van der Waals surface area contributed by atoms with Gasteiger partial charge >= 0.3 is 5.97 Å². The van der Waals surface area contributed by atoms with Crippen LogP contribution in [0.2, 0.25) is 0 Å². The Morgan fingerprint density at radius 1 is 1.06 bits per heavy atom. The van der Waals surface area contributed by atoms with Crippen LogP contribution in [-0.2, 0) is 14.3 Å². The van der Waals surface area contributed by atoms with Crippen molar-refractivity contribution < 1.29 is 18.7 Å². The Morgan fingerprint density at radius 3 is 2.41 bits per heavy atom. The van der Waals surface area contributed by atoms with Crippen LogP contribution < -0.4 is 0 Å². The first-order valence-electron chi connectivity index (χ1n) is 11.1. The molecule has 4 rings (SSSR count). The molecule has 0 aliphatic carbocycles. The summed E-state index contributed by atoms with van der Waals surface area (Å²) in [6, 6.07) is 15.9. The lowest BCUT2D eigenvalue weighted by Crippen LogP contribution is -2.43. The van der Waals surface area contributed by atoms with Crippen molar-refractivity contribution in [3.05, 3.63) is 71.5 Å². The van der Waals surface area contributed by atoms with Crippen LogP contribution in [-0.4, -0.2) is 53.7 Å². The van der Waals surface area contributed by atoms with Gasteiger partial charge in [0.15, 0.2) is 0 Å². The number of carbonyl (C=O) groups excluding carboxylic acids is 2. The molecule has 2 aliphatic rings. The molecule has 0 radical (unpaired) electrons. The number of carbonyl (C=O) groups is 2. The fourth-order valence-electron chi connectivity index (χ4n) is 4.34. The predicted octanol–water partition coefficient (Wildman–Crippen LogP) is 3.78. The second-order valence-corrected chi connectivity index (χ2v) is 8.22. The summed E-state index contributed by atoms with van der Waals surface area (Å²) >= 11 is 0. The largest absolute Gasteiger partial charge is 0.466 e. The minimum absolute atomic E-state index is 0.0782. The molecule has 6 nitrogen and oxygen atoms in total. The zero-order valence-corrected chi connectivity index (χ0v) is 18.2. The highest BCUT2D eigenvalue weighted by atomic mass is 19.1. The van der Waals surface area contributed by atoms with Gasteiger partial charge in [0.05, 0.1) is 30.8 Å². The van der Waals surface area contributed by atoms with E-state index in [-0.39, 0.29) is 36.2 Å². The number of ether oxygens (including phenoxy) is 1. The lowest BCUT2D eigenvalue weighted by molar-refractivity contribution is -0.149. The zero-order chi connectivity index (χ0) is 22.5. The summed E-state index contributed by atoms with van der Waals surface area (Å²) in [7, 11) is 0. The van der Waals surface area contributed by atoms with E-state index < -0.39 is 0 Å². The van der Waals surface area contributed by atoms with Crippen molar-refractivity contribution in [2.75, 3.05) is 26.2 Å². The standard InChI is InChI=1S/C25H28FN3O3/c1-2-32-25(31)20-12-14-28(15-13-20)17-24(30)29-23(19-6-4-3-5-7-19)16-22(27-29)18-8-10-21(26)11-9-18/h3-11,20,23H,2,12-17H2,1H3. The van der Waals surface area contributed by atoms with Crippen LogP contribution in [0.15, 0.2) is 59.7 Å². The van der Waals surface area contributed by atoms with Crippen molar-refractivity contribution in [3.8, 4) is 0 Å². The average molecular weight is 438 g/mol. The number of esters is 1. The van der Waals surface area contributed by atoms with Crippen LogP contribution in [0.25, 0.3) is 0 Å². The van der Waals surface area contributed by atoms with E-state index in [1.165, 1.54) is 12.1 Å². The maximum Gasteiger partial charge on any atom is 0.309 e. The first-order valence-corrected chi connectivity index (χ1v) is 11.1. The third-order valence-corrected chi connectivity index (χ3v) is 6.09. The van der Waals surface area contributed by atoms with Crippen LogP contribution in [0.3, 0.4) is 0 Å². The molecule has 1 saturated heterocycles. The number of piperidine rings is 1. The Balaban J connectivity index is 1.46. The molecule has 168 valence electrons. The van der Waals surface area contributed by atoms with Gasteiger partial charge in [0.2, 0.25) is 0 Å². The molecule has 1 atom stereocenters. The number of halogens is 1. The van der Waals surface area contributed by atoms with Gasteiger partial charge in [0, 0.05) is 6.42 Å². The number of hydrogen-bond acceptors (Lipinski definition) is 5. The Bertz CT molecular complexity index is 970. The number of hydrogen-bond donors (Lipinski definition) is 0. The summed E-state index contributed by atoms with van der Waals surface area (Å²) in [4.78, 5) is 27.3. The summed E-state index contributed by atoms with van der Waals surface area (Å²) in [5.41, 5.74) is 2.61. The van der Waals surface area contributed by atoms with E-state index in [0.29, 0.717) is 39.0 Å². The lowest BCUT2D eigenvalue weighted by Gasteiger charge is -2.31. The second-order valence-electron chi connectivity index (χ2n) is 8.22. The minimum Gasteiger partial charge on any atom is -0.466 e. The Hall–Kier alpha value is -3.06. The van der Waals surface area contributed by atoms with E-state index in [9.17, 15) is 14.0 Å². The van der Waals surface area contributed by atoms with Gasteiger partial charge in [-0.1, -0.05) is 42.5 Å². The third-order valence-electron chi connectivity index (χ3n) is 6.09. The lowest BCUT2D eigenvalue weighted by atomic mass is 9.97. The first kappa shape index (κ1) is 22.1. The SMILES string of the molecule is CCOC(=O)C1CCN(CC(=O)N2N=C(c3ccc(F)cc3)CC2c2ccccc2)CC1. The first-order chi connectivity index (χ1) is 15.5. The molecule has 0 N–H and O–H groups in total. The van der Waals surface area contributed by atoms with Gasteiger partial charge in [-0.15, -0.1) is 0 Å². The number of nitrogens with zero attached hydrogens (tertiary/aromatic N) is 3. The fraction of sp³-hybridized carbons (Fsp3) is 0.400. The van der Waals surface area contributed by atoms with E-state index in [1.54, 1.807) is 17.1 Å². The molecule has 0 bridgehead atoms. The van der Waals surface area contributed by atoms with Crippen molar-refractivity contribution in [1.82, 2.24) is 9.91 Å². The van der Waals surface area contributed by atoms with E-state index in [4.69, 9.17) is 4.74 Å². The molecule has 2 aromatic carbocycles. The van der Waals surface area contributed by atoms with Crippen LogP contribution in [0.5, 0.6) is 0 Å². The summed E-state index contributed by atoms with van der Waals surface area (Å²) in [5.74, 6) is -0.611. The molecular weight excluding hydrogens is 409 g/mol. The maximum atomic E-state index is 13.4. The fourth-order valence-corrected chi connectivity index (χ4v) is 4.34. The molecule has 7 heteroatoms. The van der Waals surface area contributed by atoms with Crippen molar-refractivity contribution in [3.63, 3.8) is 0 Å². The Labute approximate surface area is 187 Å². The molecule has 0 aromatic heterocycles. The van der Waals surface area contributed by atoms with Gasteiger partial charge in [-0.3, -0.25) is 14.5 Å². The van der Waals surface area contributed by atoms with Gasteiger partial charge in [0.1, 0.15) is 5.82 Å². The Kier molecular flexibility index (Phi) is 6.95. The van der Waals surface area contributed by atoms with E-state index in [2.05, 4.69) is 10.0 Å². The highest BCUT2D eigenvalue weighted by Crippen LogP contribution is 2.33. The van der Waals surface area contributed by atoms with Crippen LogP contribution in [0.1, 0.15) is 43.4 Å². The molecule has 1 amide bonds. The van der Waals surface area contributed by atoms with Crippen LogP contribution in [0, 0.1) is 11.7 Å². The number of benzene rings is 2. The quantitative estimate of drug-likeness (QED) is 0.646. The molecule has 2 aromatic rings. The number of likely N-dealkylation sites (tertiary alicyclic amines) is 1. The van der Waals surface area contributed by atoms with Crippen LogP contribution >= 0.6 is 0 Å². The van der Waals surface area contributed by atoms with Gasteiger partial charge in [-0.05, 0) is 56.1 Å². The predicted molar refractivity (Wildman–Crippen MR) is 119 cm³/mol. The Morgan fingerprint density at radius 2 is 1.75 bits per heavy atom. The highest BCUT2D eigenvalue weighted by molar-refractivity contribution is 6.03. The number of amides is 1. The molecule has 1 unspecified atom stereocenters. The van der Waals surface area contributed by atoms with Gasteiger partial charge < -0.3 is 4.74 Å². The average Bonchev–Trinajstić information content (AvgIpc) is 3.26. The smallest absolute Gasteiger partial charge is 0.309 e. The molecular formula is C25H28FN3O3. The summed E-state index contributed by atoms with van der Waals surface area (Å²) < 4.78 is 18.5. The van der Waals surface area contributed by atoms with Crippen molar-refractivity contribution in [2.45, 2.75) is 32.2 Å². The third kappa shape index (κ3) is 5.05. The van der Waals surface area contributed by atoms with E-state index in [0.717, 1.165) is 16.8 Å². The zero-order valence-electron chi connectivity index (χ0n) is 18.2. The minimum atomic E-state index is -0.300. The topological polar surface area (TPSA) is 62.2 Å². The summed E-state index contributed by atoms with van der Waals surface area (Å²) in [6.07, 6.45) is 1.96. The molecule has 0 saturated carbocycles. The molecule has 1 fully saturated rings. The van der Waals surface area contributed by atoms with E-state index >= 15 is 0 Å². The number of rotatable bonds is 6. The second kappa shape index (κ2) is 10.0. The van der Waals surface area contributed by atoms with E-state index in [1.807, 2.05) is 37.3 Å². The molecule has 0 spiro atoms. The molecule has 2 heterocycles. The summed E-state index contributed by atoms with van der Waals surface area (Å²) in [5, 5.41) is 6.23.